The zero-order chi connectivity index (χ0) is 20.3. The first-order valence-corrected chi connectivity index (χ1v) is 11.4. The van der Waals surface area contributed by atoms with Crippen molar-refractivity contribution in [3.05, 3.63) is 33.3 Å². The van der Waals surface area contributed by atoms with Crippen molar-refractivity contribution in [2.45, 2.75) is 55.9 Å². The van der Waals surface area contributed by atoms with Crippen LogP contribution in [0.25, 0.3) is 0 Å². The third-order valence-electron chi connectivity index (χ3n) is 5.49. The maximum atomic E-state index is 12.7. The molecule has 1 aliphatic heterocycles. The van der Waals surface area contributed by atoms with Gasteiger partial charge in [0.1, 0.15) is 0 Å². The van der Waals surface area contributed by atoms with Crippen molar-refractivity contribution in [3.63, 3.8) is 0 Å². The minimum absolute atomic E-state index is 0.0960. The third kappa shape index (κ3) is 4.82. The van der Waals surface area contributed by atoms with E-state index < -0.39 is 25.5 Å². The second-order valence-electron chi connectivity index (χ2n) is 7.42. The highest BCUT2D eigenvalue weighted by molar-refractivity contribution is 7.89. The molecule has 0 atom stereocenters. The molecule has 2 aliphatic rings. The second kappa shape index (κ2) is 8.75. The Bertz CT molecular complexity index is 847. The minimum atomic E-state index is -4.06. The lowest BCUT2D eigenvalue weighted by Crippen LogP contribution is -2.48. The Balaban J connectivity index is 1.62. The molecule has 1 saturated heterocycles. The van der Waals surface area contributed by atoms with Crippen molar-refractivity contribution in [1.82, 2.24) is 9.62 Å². The van der Waals surface area contributed by atoms with Crippen LogP contribution in [0.5, 0.6) is 0 Å². The van der Waals surface area contributed by atoms with Crippen molar-refractivity contribution in [2.75, 3.05) is 13.1 Å². The molecule has 0 spiro atoms. The summed E-state index contributed by atoms with van der Waals surface area (Å²) in [5, 5.41) is 11.3. The molecule has 3 rings (SSSR count). The van der Waals surface area contributed by atoms with Gasteiger partial charge in [0.25, 0.3) is 5.69 Å². The molecule has 0 bridgehead atoms. The number of carbonyl (C=O) groups excluding carboxylic acids is 1. The molecule has 1 N–H and O–H groups in total. The van der Waals surface area contributed by atoms with Gasteiger partial charge in [-0.2, -0.15) is 0 Å². The maximum Gasteiger partial charge on any atom is 0.290 e. The number of benzene rings is 1. The predicted molar refractivity (Wildman–Crippen MR) is 105 cm³/mol. The monoisotopic (exact) mass is 429 g/mol. The van der Waals surface area contributed by atoms with Crippen LogP contribution in [0.2, 0.25) is 5.02 Å². The van der Waals surface area contributed by atoms with Crippen LogP contribution in [0.4, 0.5) is 5.69 Å². The van der Waals surface area contributed by atoms with E-state index in [9.17, 15) is 23.3 Å². The summed E-state index contributed by atoms with van der Waals surface area (Å²) in [5.41, 5.74) is -0.551. The van der Waals surface area contributed by atoms with Crippen molar-refractivity contribution in [1.29, 1.82) is 0 Å². The van der Waals surface area contributed by atoms with Gasteiger partial charge in [0.05, 0.1) is 4.92 Å². The fourth-order valence-electron chi connectivity index (χ4n) is 3.97. The molecule has 1 aromatic rings. The molecule has 0 unspecified atom stereocenters. The van der Waals surface area contributed by atoms with Crippen LogP contribution in [0.3, 0.4) is 0 Å². The summed E-state index contributed by atoms with van der Waals surface area (Å²) in [6.45, 7) is 0.983. The van der Waals surface area contributed by atoms with Gasteiger partial charge in [-0.05, 0) is 37.8 Å². The SMILES string of the molecule is O=C(C1CCCCC1)N1CCC(NS(=O)(=O)c2ccc(Cl)cc2[N+](=O)[O-])CC1. The molecule has 1 heterocycles. The van der Waals surface area contributed by atoms with Crippen molar-refractivity contribution in [2.24, 2.45) is 5.92 Å². The van der Waals surface area contributed by atoms with Crippen molar-refractivity contribution >= 4 is 33.2 Å². The summed E-state index contributed by atoms with van der Waals surface area (Å²) in [7, 11) is -4.06. The van der Waals surface area contributed by atoms with E-state index in [1.165, 1.54) is 12.5 Å². The van der Waals surface area contributed by atoms with Gasteiger partial charge in [0.2, 0.25) is 15.9 Å². The number of rotatable bonds is 5. The maximum absolute atomic E-state index is 12.7. The van der Waals surface area contributed by atoms with Crippen molar-refractivity contribution < 1.29 is 18.1 Å². The van der Waals surface area contributed by atoms with Crippen LogP contribution in [-0.2, 0) is 14.8 Å². The number of nitrogens with one attached hydrogen (secondary N) is 1. The summed E-state index contributed by atoms with van der Waals surface area (Å²) in [6.07, 6.45) is 6.21. The van der Waals surface area contributed by atoms with Crippen LogP contribution in [-0.4, -0.2) is 43.3 Å². The average Bonchev–Trinajstić information content (AvgIpc) is 2.68. The van der Waals surface area contributed by atoms with Gasteiger partial charge in [-0.3, -0.25) is 14.9 Å². The van der Waals surface area contributed by atoms with E-state index >= 15 is 0 Å². The molecule has 1 saturated carbocycles. The number of hydrogen-bond donors (Lipinski definition) is 1. The zero-order valence-corrected chi connectivity index (χ0v) is 17.0. The van der Waals surface area contributed by atoms with E-state index in [-0.39, 0.29) is 22.9 Å². The van der Waals surface area contributed by atoms with Crippen LogP contribution < -0.4 is 4.72 Å². The lowest BCUT2D eigenvalue weighted by Gasteiger charge is -2.35. The molecule has 0 aromatic heterocycles. The topological polar surface area (TPSA) is 110 Å². The van der Waals surface area contributed by atoms with Gasteiger partial charge in [-0.15, -0.1) is 0 Å². The normalized spacial score (nSPS) is 19.5. The Labute approximate surface area is 169 Å². The molecule has 8 nitrogen and oxygen atoms in total. The summed E-state index contributed by atoms with van der Waals surface area (Å²) in [4.78, 5) is 24.5. The number of nitro groups is 1. The number of carbonyl (C=O) groups is 1. The number of halogens is 1. The molecule has 1 aromatic carbocycles. The standard InChI is InChI=1S/C18H24ClN3O5S/c19-14-6-7-17(16(12-14)22(24)25)28(26,27)20-15-8-10-21(11-9-15)18(23)13-4-2-1-3-5-13/h6-7,12-13,15,20H,1-5,8-11H2. The smallest absolute Gasteiger partial charge is 0.290 e. The van der Waals surface area contributed by atoms with E-state index in [4.69, 9.17) is 11.6 Å². The van der Waals surface area contributed by atoms with Crippen LogP contribution >= 0.6 is 11.6 Å². The highest BCUT2D eigenvalue weighted by Gasteiger charge is 2.32. The van der Waals surface area contributed by atoms with E-state index in [0.717, 1.165) is 37.8 Å². The fourth-order valence-corrected chi connectivity index (χ4v) is 5.59. The highest BCUT2D eigenvalue weighted by atomic mass is 35.5. The van der Waals surface area contributed by atoms with Gasteiger partial charge in [-0.25, -0.2) is 13.1 Å². The average molecular weight is 430 g/mol. The van der Waals surface area contributed by atoms with Gasteiger partial charge in [-0.1, -0.05) is 30.9 Å². The number of amides is 1. The molecular weight excluding hydrogens is 406 g/mol. The molecule has 154 valence electrons. The summed E-state index contributed by atoms with van der Waals surface area (Å²) >= 11 is 5.76. The summed E-state index contributed by atoms with van der Waals surface area (Å²) in [6, 6.07) is 3.12. The molecule has 1 amide bonds. The van der Waals surface area contributed by atoms with E-state index in [2.05, 4.69) is 4.72 Å². The second-order valence-corrected chi connectivity index (χ2v) is 9.54. The first-order valence-electron chi connectivity index (χ1n) is 9.53. The Morgan fingerprint density at radius 1 is 1.14 bits per heavy atom. The van der Waals surface area contributed by atoms with Gasteiger partial charge in [0, 0.05) is 36.1 Å². The van der Waals surface area contributed by atoms with E-state index in [0.29, 0.717) is 25.9 Å². The summed E-state index contributed by atoms with van der Waals surface area (Å²) in [5.74, 6) is 0.271. The van der Waals surface area contributed by atoms with Crippen LogP contribution in [0, 0.1) is 16.0 Å². The molecular formula is C18H24ClN3O5S. The quantitative estimate of drug-likeness (QED) is 0.571. The van der Waals surface area contributed by atoms with Crippen molar-refractivity contribution in [3.8, 4) is 0 Å². The Hall–Kier alpha value is -1.71. The van der Waals surface area contributed by atoms with E-state index in [1.54, 1.807) is 0 Å². The molecule has 1 aliphatic carbocycles. The van der Waals surface area contributed by atoms with Gasteiger partial charge >= 0.3 is 0 Å². The number of hydrogen-bond acceptors (Lipinski definition) is 5. The van der Waals surface area contributed by atoms with Crippen LogP contribution in [0.1, 0.15) is 44.9 Å². The Morgan fingerprint density at radius 3 is 2.39 bits per heavy atom. The lowest BCUT2D eigenvalue weighted by molar-refractivity contribution is -0.387. The number of nitro benzene ring substituents is 1. The van der Waals surface area contributed by atoms with Crippen LogP contribution in [0.15, 0.2) is 23.1 Å². The first-order chi connectivity index (χ1) is 13.3. The minimum Gasteiger partial charge on any atom is -0.342 e. The molecule has 2 fully saturated rings. The predicted octanol–water partition coefficient (Wildman–Crippen LogP) is 3.10. The summed E-state index contributed by atoms with van der Waals surface area (Å²) < 4.78 is 27.9. The van der Waals surface area contributed by atoms with Gasteiger partial charge in [0.15, 0.2) is 4.90 Å². The number of nitrogens with zero attached hydrogens (tertiary/aromatic N) is 2. The lowest BCUT2D eigenvalue weighted by atomic mass is 9.87. The van der Waals surface area contributed by atoms with E-state index in [1.807, 2.05) is 4.90 Å². The number of likely N-dealkylation sites (tertiary alicyclic amines) is 1. The van der Waals surface area contributed by atoms with Gasteiger partial charge < -0.3 is 4.90 Å². The highest BCUT2D eigenvalue weighted by Crippen LogP contribution is 2.29. The first kappa shape index (κ1) is 21.0. The number of piperidine rings is 1. The zero-order valence-electron chi connectivity index (χ0n) is 15.5. The Morgan fingerprint density at radius 2 is 1.79 bits per heavy atom. The fraction of sp³-hybridized carbons (Fsp3) is 0.611. The third-order valence-corrected chi connectivity index (χ3v) is 7.29. The number of sulfonamides is 1. The largest absolute Gasteiger partial charge is 0.342 e. The molecule has 10 heteroatoms. The molecule has 0 radical (unpaired) electrons. The Kier molecular flexibility index (Phi) is 6.57. The molecule has 28 heavy (non-hydrogen) atoms.